The first-order chi connectivity index (χ1) is 6.36. The molecular formula is C11H15ClO. The average Bonchev–Trinajstić information content (AvgIpc) is 2.19. The quantitative estimate of drug-likeness (QED) is 0.662. The Kier molecular flexibility index (Phi) is 4.87. The standard InChI is InChI=1S/C11H15ClO/c1-13-9-11(8-12)7-10-5-3-2-4-6-10/h2-6,11H,7-9H2,1H3. The molecule has 0 aliphatic rings. The van der Waals surface area contributed by atoms with Crippen molar-refractivity contribution in [1.29, 1.82) is 0 Å². The van der Waals surface area contributed by atoms with Crippen LogP contribution in [0.2, 0.25) is 0 Å². The summed E-state index contributed by atoms with van der Waals surface area (Å²) < 4.78 is 5.08. The van der Waals surface area contributed by atoms with Crippen molar-refractivity contribution in [2.45, 2.75) is 6.42 Å². The molecule has 13 heavy (non-hydrogen) atoms. The molecule has 1 rings (SSSR count). The van der Waals surface area contributed by atoms with Gasteiger partial charge in [-0.3, -0.25) is 0 Å². The zero-order valence-corrected chi connectivity index (χ0v) is 8.63. The predicted molar refractivity (Wildman–Crippen MR) is 56.2 cm³/mol. The van der Waals surface area contributed by atoms with Crippen molar-refractivity contribution >= 4 is 11.6 Å². The third-order valence-corrected chi connectivity index (χ3v) is 2.42. The minimum Gasteiger partial charge on any atom is -0.384 e. The third-order valence-electron chi connectivity index (χ3n) is 1.99. The number of ether oxygens (including phenoxy) is 1. The molecule has 0 amide bonds. The lowest BCUT2D eigenvalue weighted by molar-refractivity contribution is 0.161. The van der Waals surface area contributed by atoms with E-state index in [1.54, 1.807) is 7.11 Å². The summed E-state index contributed by atoms with van der Waals surface area (Å²) in [6, 6.07) is 10.4. The summed E-state index contributed by atoms with van der Waals surface area (Å²) in [4.78, 5) is 0. The van der Waals surface area contributed by atoms with E-state index in [1.807, 2.05) is 18.2 Å². The maximum absolute atomic E-state index is 5.82. The first-order valence-electron chi connectivity index (χ1n) is 4.45. The van der Waals surface area contributed by atoms with Gasteiger partial charge in [-0.05, 0) is 17.9 Å². The average molecular weight is 199 g/mol. The zero-order valence-electron chi connectivity index (χ0n) is 7.87. The fourth-order valence-corrected chi connectivity index (χ4v) is 1.54. The van der Waals surface area contributed by atoms with Crippen molar-refractivity contribution in [2.75, 3.05) is 19.6 Å². The second kappa shape index (κ2) is 6.01. The molecule has 0 bridgehead atoms. The summed E-state index contributed by atoms with van der Waals surface area (Å²) in [7, 11) is 1.71. The Hall–Kier alpha value is -0.530. The molecular weight excluding hydrogens is 184 g/mol. The number of methoxy groups -OCH3 is 1. The maximum atomic E-state index is 5.82. The molecule has 0 saturated carbocycles. The Bertz CT molecular complexity index is 223. The van der Waals surface area contributed by atoms with Crippen LogP contribution in [0.5, 0.6) is 0 Å². The highest BCUT2D eigenvalue weighted by molar-refractivity contribution is 6.18. The molecule has 0 fully saturated rings. The number of alkyl halides is 1. The molecule has 2 heteroatoms. The lowest BCUT2D eigenvalue weighted by Crippen LogP contribution is -2.12. The Balaban J connectivity index is 2.46. The fraction of sp³-hybridized carbons (Fsp3) is 0.455. The van der Waals surface area contributed by atoms with Gasteiger partial charge in [0.25, 0.3) is 0 Å². The van der Waals surface area contributed by atoms with Crippen molar-refractivity contribution in [1.82, 2.24) is 0 Å². The molecule has 0 aliphatic carbocycles. The summed E-state index contributed by atoms with van der Waals surface area (Å²) in [6.07, 6.45) is 0.998. The first kappa shape index (κ1) is 10.6. The number of benzene rings is 1. The van der Waals surface area contributed by atoms with E-state index in [4.69, 9.17) is 16.3 Å². The zero-order chi connectivity index (χ0) is 9.52. The Morgan fingerprint density at radius 3 is 2.54 bits per heavy atom. The lowest BCUT2D eigenvalue weighted by atomic mass is 10.0. The Morgan fingerprint density at radius 2 is 2.00 bits per heavy atom. The molecule has 0 spiro atoms. The van der Waals surface area contributed by atoms with Gasteiger partial charge in [0.15, 0.2) is 0 Å². The Labute approximate surface area is 84.7 Å². The Morgan fingerprint density at radius 1 is 1.31 bits per heavy atom. The monoisotopic (exact) mass is 198 g/mol. The van der Waals surface area contributed by atoms with Gasteiger partial charge in [0.2, 0.25) is 0 Å². The van der Waals surface area contributed by atoms with E-state index in [9.17, 15) is 0 Å². The highest BCUT2D eigenvalue weighted by Crippen LogP contribution is 2.10. The normalized spacial score (nSPS) is 12.8. The summed E-state index contributed by atoms with van der Waals surface area (Å²) in [5.74, 6) is 1.08. The van der Waals surface area contributed by atoms with Crippen LogP contribution < -0.4 is 0 Å². The summed E-state index contributed by atoms with van der Waals surface area (Å²) in [6.45, 7) is 0.735. The van der Waals surface area contributed by atoms with Crippen molar-refractivity contribution in [3.8, 4) is 0 Å². The van der Waals surface area contributed by atoms with Gasteiger partial charge >= 0.3 is 0 Å². The molecule has 1 unspecified atom stereocenters. The number of hydrogen-bond donors (Lipinski definition) is 0. The minimum absolute atomic E-state index is 0.425. The van der Waals surface area contributed by atoms with Crippen molar-refractivity contribution in [3.63, 3.8) is 0 Å². The van der Waals surface area contributed by atoms with Gasteiger partial charge in [-0.25, -0.2) is 0 Å². The van der Waals surface area contributed by atoms with Gasteiger partial charge in [-0.2, -0.15) is 0 Å². The summed E-state index contributed by atoms with van der Waals surface area (Å²) >= 11 is 5.82. The smallest absolute Gasteiger partial charge is 0.0505 e. The van der Waals surface area contributed by atoms with Crippen LogP contribution in [-0.4, -0.2) is 19.6 Å². The molecule has 0 heterocycles. The highest BCUT2D eigenvalue weighted by Gasteiger charge is 2.07. The number of rotatable bonds is 5. The first-order valence-corrected chi connectivity index (χ1v) is 4.99. The van der Waals surface area contributed by atoms with Gasteiger partial charge < -0.3 is 4.74 Å². The van der Waals surface area contributed by atoms with Gasteiger partial charge in [0.1, 0.15) is 0 Å². The van der Waals surface area contributed by atoms with Crippen LogP contribution in [0.25, 0.3) is 0 Å². The minimum atomic E-state index is 0.425. The predicted octanol–water partition coefficient (Wildman–Crippen LogP) is 2.73. The van der Waals surface area contributed by atoms with Gasteiger partial charge in [0.05, 0.1) is 6.61 Å². The van der Waals surface area contributed by atoms with Crippen LogP contribution in [0.4, 0.5) is 0 Å². The third kappa shape index (κ3) is 3.79. The van der Waals surface area contributed by atoms with E-state index < -0.39 is 0 Å². The molecule has 0 saturated heterocycles. The van der Waals surface area contributed by atoms with Crippen molar-refractivity contribution in [2.24, 2.45) is 5.92 Å². The highest BCUT2D eigenvalue weighted by atomic mass is 35.5. The SMILES string of the molecule is COCC(CCl)Cc1ccccc1. The second-order valence-corrected chi connectivity index (χ2v) is 3.47. The van der Waals surface area contributed by atoms with Crippen LogP contribution in [0.15, 0.2) is 30.3 Å². The van der Waals surface area contributed by atoms with E-state index in [0.717, 1.165) is 13.0 Å². The van der Waals surface area contributed by atoms with Crippen LogP contribution in [0, 0.1) is 5.92 Å². The fourth-order valence-electron chi connectivity index (χ4n) is 1.34. The molecule has 72 valence electrons. The molecule has 0 aromatic heterocycles. The van der Waals surface area contributed by atoms with Crippen molar-refractivity contribution < 1.29 is 4.74 Å². The molecule has 1 aromatic rings. The van der Waals surface area contributed by atoms with E-state index in [1.165, 1.54) is 5.56 Å². The van der Waals surface area contributed by atoms with E-state index in [-0.39, 0.29) is 0 Å². The molecule has 1 aromatic carbocycles. The van der Waals surface area contributed by atoms with Crippen LogP contribution in [0.3, 0.4) is 0 Å². The van der Waals surface area contributed by atoms with Crippen LogP contribution in [-0.2, 0) is 11.2 Å². The van der Waals surface area contributed by atoms with Gasteiger partial charge in [-0.1, -0.05) is 30.3 Å². The summed E-state index contributed by atoms with van der Waals surface area (Å²) in [5.41, 5.74) is 1.32. The topological polar surface area (TPSA) is 9.23 Å². The molecule has 1 atom stereocenters. The second-order valence-electron chi connectivity index (χ2n) is 3.17. The van der Waals surface area contributed by atoms with E-state index in [0.29, 0.717) is 11.8 Å². The van der Waals surface area contributed by atoms with Crippen LogP contribution >= 0.6 is 11.6 Å². The lowest BCUT2D eigenvalue weighted by Gasteiger charge is -2.12. The van der Waals surface area contributed by atoms with E-state index in [2.05, 4.69) is 12.1 Å². The molecule has 0 radical (unpaired) electrons. The molecule has 0 N–H and O–H groups in total. The molecule has 0 aliphatic heterocycles. The van der Waals surface area contributed by atoms with Gasteiger partial charge in [-0.15, -0.1) is 11.6 Å². The van der Waals surface area contributed by atoms with Gasteiger partial charge in [0, 0.05) is 13.0 Å². The van der Waals surface area contributed by atoms with E-state index >= 15 is 0 Å². The number of hydrogen-bond acceptors (Lipinski definition) is 1. The van der Waals surface area contributed by atoms with Crippen LogP contribution in [0.1, 0.15) is 5.56 Å². The molecule has 1 nitrogen and oxygen atoms in total. The maximum Gasteiger partial charge on any atom is 0.0505 e. The summed E-state index contributed by atoms with van der Waals surface area (Å²) in [5, 5.41) is 0. The van der Waals surface area contributed by atoms with Crippen molar-refractivity contribution in [3.05, 3.63) is 35.9 Å². The number of halogens is 1. The largest absolute Gasteiger partial charge is 0.384 e.